The largest absolute Gasteiger partial charge is 0.461 e. The molecule has 1 aromatic heterocycles. The summed E-state index contributed by atoms with van der Waals surface area (Å²) in [6.07, 6.45) is 0.919. The van der Waals surface area contributed by atoms with Gasteiger partial charge in [0.25, 0.3) is 0 Å². The van der Waals surface area contributed by atoms with Crippen LogP contribution < -0.4 is 5.73 Å². The van der Waals surface area contributed by atoms with Crippen molar-refractivity contribution >= 4 is 11.7 Å². The molecule has 2 N–H and O–H groups in total. The highest BCUT2D eigenvalue weighted by Crippen LogP contribution is 2.10. The maximum atomic E-state index is 12.5. The summed E-state index contributed by atoms with van der Waals surface area (Å²) < 4.78 is 17.1. The number of carbonyl (C=O) groups excluding carboxylic acids is 1. The maximum Gasteiger partial charge on any atom is 0.359 e. The van der Waals surface area contributed by atoms with E-state index >= 15 is 0 Å². The van der Waals surface area contributed by atoms with Gasteiger partial charge >= 0.3 is 5.97 Å². The number of aromatic nitrogens is 1. The van der Waals surface area contributed by atoms with Gasteiger partial charge in [-0.2, -0.15) is 0 Å². The van der Waals surface area contributed by atoms with Crippen LogP contribution in [0.1, 0.15) is 17.4 Å². The molecule has 0 radical (unpaired) electrons. The highest BCUT2D eigenvalue weighted by atomic mass is 19.1. The number of nitrogens with zero attached hydrogens (tertiary/aromatic N) is 1. The number of hydrogen-bond donors (Lipinski definition) is 1. The van der Waals surface area contributed by atoms with Gasteiger partial charge in [-0.1, -0.05) is 0 Å². The third kappa shape index (κ3) is 2.14. The molecule has 0 aliphatic rings. The van der Waals surface area contributed by atoms with Crippen molar-refractivity contribution in [1.29, 1.82) is 0 Å². The average molecular weight is 184 g/mol. The van der Waals surface area contributed by atoms with Crippen molar-refractivity contribution in [1.82, 2.24) is 4.98 Å². The van der Waals surface area contributed by atoms with E-state index < -0.39 is 11.8 Å². The number of ether oxygens (including phenoxy) is 1. The second-order valence-electron chi connectivity index (χ2n) is 2.31. The first kappa shape index (κ1) is 9.44. The molecule has 0 atom stereocenters. The third-order valence-electron chi connectivity index (χ3n) is 1.35. The first-order chi connectivity index (χ1) is 6.15. The lowest BCUT2D eigenvalue weighted by Crippen LogP contribution is -2.10. The van der Waals surface area contributed by atoms with Crippen molar-refractivity contribution in [3.63, 3.8) is 0 Å². The Morgan fingerprint density at radius 2 is 2.46 bits per heavy atom. The molecule has 1 aromatic rings. The number of nitrogens with two attached hydrogens (primary N) is 1. The minimum Gasteiger partial charge on any atom is -0.461 e. The zero-order chi connectivity index (χ0) is 9.84. The molecule has 0 saturated carbocycles. The van der Waals surface area contributed by atoms with Crippen molar-refractivity contribution in [3.8, 4) is 0 Å². The van der Waals surface area contributed by atoms with Crippen molar-refractivity contribution < 1.29 is 13.9 Å². The Bertz CT molecular complexity index is 328. The molecule has 1 rings (SSSR count). The molecule has 70 valence electrons. The Hall–Kier alpha value is -1.65. The molecule has 5 heteroatoms. The lowest BCUT2D eigenvalue weighted by atomic mass is 10.3. The molecule has 0 amide bonds. The van der Waals surface area contributed by atoms with Crippen LogP contribution in [0.15, 0.2) is 12.3 Å². The van der Waals surface area contributed by atoms with Gasteiger partial charge in [0.1, 0.15) is 5.82 Å². The molecule has 0 bridgehead atoms. The van der Waals surface area contributed by atoms with Crippen LogP contribution in [0.3, 0.4) is 0 Å². The highest BCUT2D eigenvalue weighted by Gasteiger charge is 2.12. The standard InChI is InChI=1S/C8H9FN2O2/c1-2-13-8(12)7-6(10)3-5(9)4-11-7/h3-4H,2,10H2,1H3. The Kier molecular flexibility index (Phi) is 2.79. The van der Waals surface area contributed by atoms with E-state index in [0.29, 0.717) is 0 Å². The maximum absolute atomic E-state index is 12.5. The number of rotatable bonds is 2. The Balaban J connectivity index is 2.95. The van der Waals surface area contributed by atoms with Crippen molar-refractivity contribution in [2.45, 2.75) is 6.92 Å². The summed E-state index contributed by atoms with van der Waals surface area (Å²) in [6.45, 7) is 1.90. The van der Waals surface area contributed by atoms with Crippen LogP contribution in [0.25, 0.3) is 0 Å². The lowest BCUT2D eigenvalue weighted by molar-refractivity contribution is 0.0521. The fourth-order valence-corrected chi connectivity index (χ4v) is 0.825. The Morgan fingerprint density at radius 3 is 3.00 bits per heavy atom. The summed E-state index contributed by atoms with van der Waals surface area (Å²) in [5.74, 6) is -1.22. The summed E-state index contributed by atoms with van der Waals surface area (Å²) in [5.41, 5.74) is 5.28. The topological polar surface area (TPSA) is 65.2 Å². The quantitative estimate of drug-likeness (QED) is 0.696. The van der Waals surface area contributed by atoms with Crippen LogP contribution in [0.2, 0.25) is 0 Å². The Morgan fingerprint density at radius 1 is 1.77 bits per heavy atom. The number of pyridine rings is 1. The summed E-state index contributed by atoms with van der Waals surface area (Å²) >= 11 is 0. The molecule has 0 saturated heterocycles. The fraction of sp³-hybridized carbons (Fsp3) is 0.250. The smallest absolute Gasteiger partial charge is 0.359 e. The van der Waals surface area contributed by atoms with Gasteiger partial charge in [0.15, 0.2) is 5.69 Å². The molecule has 1 heterocycles. The molecule has 0 aromatic carbocycles. The molecular formula is C8H9FN2O2. The first-order valence-electron chi connectivity index (χ1n) is 3.73. The van der Waals surface area contributed by atoms with Crippen LogP contribution in [-0.2, 0) is 4.74 Å². The van der Waals surface area contributed by atoms with E-state index in [9.17, 15) is 9.18 Å². The summed E-state index contributed by atoms with van der Waals surface area (Å²) in [4.78, 5) is 14.6. The minimum absolute atomic E-state index is 0.0153. The van der Waals surface area contributed by atoms with E-state index in [1.807, 2.05) is 0 Å². The average Bonchev–Trinajstić information content (AvgIpc) is 2.04. The molecule has 0 fully saturated rings. The number of halogens is 1. The van der Waals surface area contributed by atoms with Gasteiger partial charge in [0, 0.05) is 6.07 Å². The minimum atomic E-state index is -0.639. The molecule has 0 aliphatic heterocycles. The molecule has 0 unspecified atom stereocenters. The summed E-state index contributed by atoms with van der Waals surface area (Å²) in [5, 5.41) is 0. The molecular weight excluding hydrogens is 175 g/mol. The highest BCUT2D eigenvalue weighted by molar-refractivity contribution is 5.92. The van der Waals surface area contributed by atoms with E-state index in [2.05, 4.69) is 9.72 Å². The van der Waals surface area contributed by atoms with Gasteiger partial charge < -0.3 is 10.5 Å². The van der Waals surface area contributed by atoms with E-state index in [4.69, 9.17) is 5.73 Å². The fourth-order valence-electron chi connectivity index (χ4n) is 0.825. The SMILES string of the molecule is CCOC(=O)c1ncc(F)cc1N. The normalized spacial score (nSPS) is 9.69. The van der Waals surface area contributed by atoms with Gasteiger partial charge in [0.05, 0.1) is 18.5 Å². The zero-order valence-electron chi connectivity index (χ0n) is 7.08. The first-order valence-corrected chi connectivity index (χ1v) is 3.73. The van der Waals surface area contributed by atoms with Crippen molar-refractivity contribution in [3.05, 3.63) is 23.8 Å². The van der Waals surface area contributed by atoms with E-state index in [-0.39, 0.29) is 18.0 Å². The van der Waals surface area contributed by atoms with E-state index in [1.54, 1.807) is 6.92 Å². The van der Waals surface area contributed by atoms with Crippen LogP contribution in [0, 0.1) is 5.82 Å². The van der Waals surface area contributed by atoms with Gasteiger partial charge in [-0.3, -0.25) is 0 Å². The second kappa shape index (κ2) is 3.84. The predicted octanol–water partition coefficient (Wildman–Crippen LogP) is 0.980. The lowest BCUT2D eigenvalue weighted by Gasteiger charge is -2.03. The number of nitrogen functional groups attached to an aromatic ring is 1. The molecule has 13 heavy (non-hydrogen) atoms. The van der Waals surface area contributed by atoms with Gasteiger partial charge in [-0.05, 0) is 6.92 Å². The van der Waals surface area contributed by atoms with Crippen LogP contribution >= 0.6 is 0 Å². The monoisotopic (exact) mass is 184 g/mol. The van der Waals surface area contributed by atoms with Gasteiger partial charge in [-0.15, -0.1) is 0 Å². The predicted molar refractivity (Wildman–Crippen MR) is 44.6 cm³/mol. The molecule has 0 aliphatic carbocycles. The summed E-state index contributed by atoms with van der Waals surface area (Å²) in [6, 6.07) is 1.03. The Labute approximate surface area is 74.5 Å². The van der Waals surface area contributed by atoms with Crippen molar-refractivity contribution in [2.24, 2.45) is 0 Å². The number of hydrogen-bond acceptors (Lipinski definition) is 4. The third-order valence-corrected chi connectivity index (χ3v) is 1.35. The van der Waals surface area contributed by atoms with Gasteiger partial charge in [-0.25, -0.2) is 14.2 Å². The number of anilines is 1. The molecule has 4 nitrogen and oxygen atoms in total. The van der Waals surface area contributed by atoms with Crippen molar-refractivity contribution in [2.75, 3.05) is 12.3 Å². The van der Waals surface area contributed by atoms with E-state index in [1.165, 1.54) is 0 Å². The number of esters is 1. The summed E-state index contributed by atoms with van der Waals surface area (Å²) in [7, 11) is 0. The van der Waals surface area contributed by atoms with Crippen LogP contribution in [0.5, 0.6) is 0 Å². The zero-order valence-corrected chi connectivity index (χ0v) is 7.08. The molecule has 0 spiro atoms. The second-order valence-corrected chi connectivity index (χ2v) is 2.31. The van der Waals surface area contributed by atoms with Crippen LogP contribution in [0.4, 0.5) is 10.1 Å². The number of carbonyl (C=O) groups is 1. The van der Waals surface area contributed by atoms with Gasteiger partial charge in [0.2, 0.25) is 0 Å². The van der Waals surface area contributed by atoms with E-state index in [0.717, 1.165) is 12.3 Å². The van der Waals surface area contributed by atoms with Crippen LogP contribution in [-0.4, -0.2) is 17.6 Å².